The van der Waals surface area contributed by atoms with E-state index in [1.54, 1.807) is 18.3 Å². The first-order valence-electron chi connectivity index (χ1n) is 10.9. The van der Waals surface area contributed by atoms with Gasteiger partial charge in [0.15, 0.2) is 5.65 Å². The van der Waals surface area contributed by atoms with E-state index in [0.29, 0.717) is 24.1 Å². The standard InChI is InChI=1S/C26H26N4O3/c1-18-9-11-20(12-10-18)16-30-24-22(8-5-14-28-24)29(25(32)26(30)33)17-23(31)27-15-13-21-7-4-3-6-19(21)2/h3-12,14H,13,15-17H2,1-2H3,(H,27,31). The first-order chi connectivity index (χ1) is 15.9. The Hall–Kier alpha value is -4.00. The number of pyridine rings is 1. The molecule has 0 radical (unpaired) electrons. The molecule has 168 valence electrons. The topological polar surface area (TPSA) is 86.0 Å². The van der Waals surface area contributed by atoms with Gasteiger partial charge in [0.2, 0.25) is 5.91 Å². The number of carbonyl (C=O) groups excluding carboxylic acids is 1. The van der Waals surface area contributed by atoms with Gasteiger partial charge in [0, 0.05) is 12.7 Å². The van der Waals surface area contributed by atoms with Gasteiger partial charge in [-0.3, -0.25) is 23.5 Å². The zero-order chi connectivity index (χ0) is 23.4. The van der Waals surface area contributed by atoms with E-state index in [-0.39, 0.29) is 19.0 Å². The van der Waals surface area contributed by atoms with E-state index in [1.807, 2.05) is 62.4 Å². The van der Waals surface area contributed by atoms with Gasteiger partial charge in [-0.05, 0) is 49.1 Å². The SMILES string of the molecule is Cc1ccc(Cn2c(=O)c(=O)n(CC(=O)NCCc3ccccc3C)c3cccnc32)cc1. The number of nitrogens with zero attached hydrogens (tertiary/aromatic N) is 3. The van der Waals surface area contributed by atoms with Crippen molar-refractivity contribution in [3.63, 3.8) is 0 Å². The molecule has 0 aliphatic carbocycles. The van der Waals surface area contributed by atoms with Crippen molar-refractivity contribution in [3.8, 4) is 0 Å². The number of carbonyl (C=O) groups is 1. The van der Waals surface area contributed by atoms with Gasteiger partial charge in [0.1, 0.15) is 6.54 Å². The molecule has 2 heterocycles. The molecule has 1 amide bonds. The van der Waals surface area contributed by atoms with Crippen molar-refractivity contribution in [1.29, 1.82) is 0 Å². The smallest absolute Gasteiger partial charge is 0.318 e. The average molecular weight is 443 g/mol. The van der Waals surface area contributed by atoms with Crippen LogP contribution in [0.1, 0.15) is 22.3 Å². The van der Waals surface area contributed by atoms with E-state index in [4.69, 9.17) is 0 Å². The van der Waals surface area contributed by atoms with Crippen LogP contribution in [-0.2, 0) is 24.3 Å². The lowest BCUT2D eigenvalue weighted by atomic mass is 10.1. The second kappa shape index (κ2) is 9.65. The summed E-state index contributed by atoms with van der Waals surface area (Å²) in [5.74, 6) is -0.327. The minimum atomic E-state index is -0.739. The normalized spacial score (nSPS) is 11.0. The van der Waals surface area contributed by atoms with Crippen LogP contribution in [0.2, 0.25) is 0 Å². The van der Waals surface area contributed by atoms with Crippen LogP contribution < -0.4 is 16.4 Å². The van der Waals surface area contributed by atoms with Crippen LogP contribution in [0.25, 0.3) is 11.2 Å². The lowest BCUT2D eigenvalue weighted by Crippen LogP contribution is -2.44. The molecule has 4 aromatic rings. The van der Waals surface area contributed by atoms with E-state index in [9.17, 15) is 14.4 Å². The summed E-state index contributed by atoms with van der Waals surface area (Å²) >= 11 is 0. The quantitative estimate of drug-likeness (QED) is 0.446. The van der Waals surface area contributed by atoms with Gasteiger partial charge in [-0.1, -0.05) is 54.1 Å². The number of fused-ring (bicyclic) bond motifs is 1. The fraction of sp³-hybridized carbons (Fsp3) is 0.231. The van der Waals surface area contributed by atoms with Crippen molar-refractivity contribution in [3.05, 3.63) is 110 Å². The Kier molecular flexibility index (Phi) is 6.49. The molecule has 7 heteroatoms. The molecule has 2 aromatic carbocycles. The van der Waals surface area contributed by atoms with Crippen molar-refractivity contribution >= 4 is 17.1 Å². The minimum absolute atomic E-state index is 0.228. The van der Waals surface area contributed by atoms with Crippen molar-refractivity contribution in [2.75, 3.05) is 6.54 Å². The molecule has 0 unspecified atom stereocenters. The summed E-state index contributed by atoms with van der Waals surface area (Å²) in [5.41, 5.74) is 3.70. The summed E-state index contributed by atoms with van der Waals surface area (Å²) in [6.45, 7) is 4.45. The molecule has 0 bridgehead atoms. The highest BCUT2D eigenvalue weighted by Crippen LogP contribution is 2.11. The van der Waals surface area contributed by atoms with Gasteiger partial charge in [-0.25, -0.2) is 4.98 Å². The first-order valence-corrected chi connectivity index (χ1v) is 10.9. The van der Waals surface area contributed by atoms with Crippen LogP contribution >= 0.6 is 0 Å². The Morgan fingerprint density at radius 2 is 1.64 bits per heavy atom. The predicted molar refractivity (Wildman–Crippen MR) is 128 cm³/mol. The number of rotatable bonds is 7. The van der Waals surface area contributed by atoms with Crippen LogP contribution in [0.15, 0.2) is 76.4 Å². The Bertz CT molecular complexity index is 1420. The van der Waals surface area contributed by atoms with Gasteiger partial charge in [0.25, 0.3) is 0 Å². The van der Waals surface area contributed by atoms with Crippen LogP contribution in [0.3, 0.4) is 0 Å². The number of aromatic nitrogens is 3. The highest BCUT2D eigenvalue weighted by Gasteiger charge is 2.16. The maximum Gasteiger partial charge on any atom is 0.318 e. The summed E-state index contributed by atoms with van der Waals surface area (Å²) in [5, 5.41) is 2.85. The molecule has 4 rings (SSSR count). The predicted octanol–water partition coefficient (Wildman–Crippen LogP) is 2.58. The first kappa shape index (κ1) is 22.2. The number of amides is 1. The summed E-state index contributed by atoms with van der Waals surface area (Å²) in [4.78, 5) is 42.8. The van der Waals surface area contributed by atoms with Crippen molar-refractivity contribution in [2.24, 2.45) is 0 Å². The Morgan fingerprint density at radius 1 is 0.909 bits per heavy atom. The van der Waals surface area contributed by atoms with E-state index in [1.165, 1.54) is 9.13 Å². The molecular weight excluding hydrogens is 416 g/mol. The molecule has 0 atom stereocenters. The number of hydrogen-bond donors (Lipinski definition) is 1. The molecular formula is C26H26N4O3. The Morgan fingerprint density at radius 3 is 2.39 bits per heavy atom. The molecule has 0 saturated carbocycles. The van der Waals surface area contributed by atoms with E-state index in [2.05, 4.69) is 10.3 Å². The monoisotopic (exact) mass is 442 g/mol. The Balaban J connectivity index is 1.58. The molecule has 1 N–H and O–H groups in total. The van der Waals surface area contributed by atoms with Gasteiger partial charge in [-0.2, -0.15) is 0 Å². The zero-order valence-corrected chi connectivity index (χ0v) is 18.7. The molecule has 0 saturated heterocycles. The number of nitrogens with one attached hydrogen (secondary N) is 1. The summed E-state index contributed by atoms with van der Waals surface area (Å²) < 4.78 is 2.58. The van der Waals surface area contributed by atoms with Gasteiger partial charge in [-0.15, -0.1) is 0 Å². The second-order valence-corrected chi connectivity index (χ2v) is 8.14. The van der Waals surface area contributed by atoms with Crippen LogP contribution in [-0.4, -0.2) is 26.6 Å². The lowest BCUT2D eigenvalue weighted by molar-refractivity contribution is -0.121. The second-order valence-electron chi connectivity index (χ2n) is 8.14. The Labute approximate surface area is 191 Å². The zero-order valence-electron chi connectivity index (χ0n) is 18.7. The van der Waals surface area contributed by atoms with Crippen LogP contribution in [0.4, 0.5) is 0 Å². The third-order valence-electron chi connectivity index (χ3n) is 5.73. The van der Waals surface area contributed by atoms with Gasteiger partial charge >= 0.3 is 11.1 Å². The van der Waals surface area contributed by atoms with E-state index < -0.39 is 11.1 Å². The largest absolute Gasteiger partial charge is 0.354 e. The summed E-state index contributed by atoms with van der Waals surface area (Å²) in [6, 6.07) is 19.1. The van der Waals surface area contributed by atoms with Crippen molar-refractivity contribution in [2.45, 2.75) is 33.4 Å². The van der Waals surface area contributed by atoms with Crippen molar-refractivity contribution < 1.29 is 4.79 Å². The number of benzene rings is 2. The number of hydrogen-bond acceptors (Lipinski definition) is 4. The summed E-state index contributed by atoms with van der Waals surface area (Å²) in [6.07, 6.45) is 2.26. The van der Waals surface area contributed by atoms with Gasteiger partial charge < -0.3 is 5.32 Å². The maximum atomic E-state index is 13.0. The number of aryl methyl sites for hydroxylation is 2. The molecule has 2 aromatic heterocycles. The fourth-order valence-electron chi connectivity index (χ4n) is 3.85. The van der Waals surface area contributed by atoms with Gasteiger partial charge in [0.05, 0.1) is 12.1 Å². The third kappa shape index (κ3) is 4.92. The highest BCUT2D eigenvalue weighted by molar-refractivity contribution is 5.78. The molecule has 0 spiro atoms. The third-order valence-corrected chi connectivity index (χ3v) is 5.73. The highest BCUT2D eigenvalue weighted by atomic mass is 16.2. The molecule has 0 fully saturated rings. The minimum Gasteiger partial charge on any atom is -0.354 e. The molecule has 0 aliphatic heterocycles. The molecule has 33 heavy (non-hydrogen) atoms. The molecule has 7 nitrogen and oxygen atoms in total. The average Bonchev–Trinajstić information content (AvgIpc) is 2.82. The van der Waals surface area contributed by atoms with E-state index in [0.717, 1.165) is 22.3 Å². The van der Waals surface area contributed by atoms with Crippen LogP contribution in [0.5, 0.6) is 0 Å². The van der Waals surface area contributed by atoms with E-state index >= 15 is 0 Å². The fourth-order valence-corrected chi connectivity index (χ4v) is 3.85. The van der Waals surface area contributed by atoms with Crippen LogP contribution in [0, 0.1) is 13.8 Å². The maximum absolute atomic E-state index is 13.0. The molecule has 0 aliphatic rings. The lowest BCUT2D eigenvalue weighted by Gasteiger charge is -2.14. The summed E-state index contributed by atoms with van der Waals surface area (Å²) in [7, 11) is 0. The van der Waals surface area contributed by atoms with Crippen molar-refractivity contribution in [1.82, 2.24) is 19.4 Å².